The Labute approximate surface area is 75.6 Å². The van der Waals surface area contributed by atoms with Crippen LogP contribution in [-0.4, -0.2) is 22.4 Å². The summed E-state index contributed by atoms with van der Waals surface area (Å²) in [5.74, 6) is 0.423. The van der Waals surface area contributed by atoms with E-state index in [-0.39, 0.29) is 12.2 Å². The Morgan fingerprint density at radius 2 is 1.67 bits per heavy atom. The minimum Gasteiger partial charge on any atom is -0.393 e. The van der Waals surface area contributed by atoms with Crippen molar-refractivity contribution in [3.8, 4) is 0 Å². The molecule has 2 heteroatoms. The summed E-state index contributed by atoms with van der Waals surface area (Å²) in [7, 11) is 0. The molecule has 74 valence electrons. The van der Waals surface area contributed by atoms with Crippen molar-refractivity contribution in [2.75, 3.05) is 0 Å². The SMILES string of the molecule is CCCC(O)CC(C)CC(C)O. The lowest BCUT2D eigenvalue weighted by atomic mass is 9.96. The molecule has 0 aliphatic carbocycles. The number of aliphatic hydroxyl groups excluding tert-OH is 2. The van der Waals surface area contributed by atoms with Gasteiger partial charge in [0, 0.05) is 0 Å². The van der Waals surface area contributed by atoms with Gasteiger partial charge in [-0.05, 0) is 32.1 Å². The van der Waals surface area contributed by atoms with Gasteiger partial charge in [-0.3, -0.25) is 0 Å². The Hall–Kier alpha value is -0.0800. The molecule has 0 fully saturated rings. The lowest BCUT2D eigenvalue weighted by Gasteiger charge is -2.16. The molecule has 0 radical (unpaired) electrons. The highest BCUT2D eigenvalue weighted by molar-refractivity contribution is 4.63. The second kappa shape index (κ2) is 6.44. The molecule has 0 aliphatic heterocycles. The standard InChI is InChI=1S/C10H22O2/c1-4-5-10(12)7-8(2)6-9(3)11/h8-12H,4-7H2,1-3H3. The second-order valence-corrected chi connectivity index (χ2v) is 3.87. The summed E-state index contributed by atoms with van der Waals surface area (Å²) in [5.41, 5.74) is 0. The van der Waals surface area contributed by atoms with Crippen LogP contribution < -0.4 is 0 Å². The van der Waals surface area contributed by atoms with E-state index in [0.717, 1.165) is 25.7 Å². The van der Waals surface area contributed by atoms with Gasteiger partial charge in [-0.2, -0.15) is 0 Å². The van der Waals surface area contributed by atoms with Crippen LogP contribution in [0.5, 0.6) is 0 Å². The highest BCUT2D eigenvalue weighted by Crippen LogP contribution is 2.15. The zero-order valence-electron chi connectivity index (χ0n) is 8.45. The van der Waals surface area contributed by atoms with Crippen molar-refractivity contribution in [2.45, 2.75) is 58.7 Å². The molecule has 2 nitrogen and oxygen atoms in total. The number of hydrogen-bond donors (Lipinski definition) is 2. The monoisotopic (exact) mass is 174 g/mol. The van der Waals surface area contributed by atoms with Crippen molar-refractivity contribution in [2.24, 2.45) is 5.92 Å². The van der Waals surface area contributed by atoms with Crippen molar-refractivity contribution >= 4 is 0 Å². The fourth-order valence-corrected chi connectivity index (χ4v) is 1.59. The summed E-state index contributed by atoms with van der Waals surface area (Å²) in [6.07, 6.45) is 3.10. The first-order valence-corrected chi connectivity index (χ1v) is 4.92. The minimum atomic E-state index is -0.242. The molecule has 0 aromatic heterocycles. The van der Waals surface area contributed by atoms with Gasteiger partial charge < -0.3 is 10.2 Å². The quantitative estimate of drug-likeness (QED) is 0.646. The van der Waals surface area contributed by atoms with Crippen LogP contribution in [0.25, 0.3) is 0 Å². The molecule has 0 aromatic rings. The van der Waals surface area contributed by atoms with Crippen molar-refractivity contribution < 1.29 is 10.2 Å². The first-order chi connectivity index (χ1) is 5.56. The summed E-state index contributed by atoms with van der Waals surface area (Å²) < 4.78 is 0. The number of rotatable bonds is 6. The lowest BCUT2D eigenvalue weighted by molar-refractivity contribution is 0.110. The second-order valence-electron chi connectivity index (χ2n) is 3.87. The van der Waals surface area contributed by atoms with Crippen molar-refractivity contribution in [3.05, 3.63) is 0 Å². The van der Waals surface area contributed by atoms with Gasteiger partial charge in [0.15, 0.2) is 0 Å². The summed E-state index contributed by atoms with van der Waals surface area (Å²) in [5, 5.41) is 18.5. The Kier molecular flexibility index (Phi) is 6.39. The largest absolute Gasteiger partial charge is 0.393 e. The summed E-state index contributed by atoms with van der Waals surface area (Å²) in [6.45, 7) is 5.94. The Balaban J connectivity index is 3.46. The molecule has 0 amide bonds. The molecule has 0 bridgehead atoms. The van der Waals surface area contributed by atoms with Crippen LogP contribution in [0.2, 0.25) is 0 Å². The van der Waals surface area contributed by atoms with Crippen LogP contribution in [0.4, 0.5) is 0 Å². The van der Waals surface area contributed by atoms with E-state index in [9.17, 15) is 5.11 Å². The minimum absolute atomic E-state index is 0.177. The zero-order chi connectivity index (χ0) is 9.56. The molecule has 0 spiro atoms. The Morgan fingerprint density at radius 3 is 2.08 bits per heavy atom. The Morgan fingerprint density at radius 1 is 1.08 bits per heavy atom. The van der Waals surface area contributed by atoms with Crippen LogP contribution in [0.3, 0.4) is 0 Å². The molecule has 0 rings (SSSR count). The van der Waals surface area contributed by atoms with Gasteiger partial charge >= 0.3 is 0 Å². The molecular formula is C10H22O2. The van der Waals surface area contributed by atoms with Crippen molar-refractivity contribution in [1.82, 2.24) is 0 Å². The van der Waals surface area contributed by atoms with Crippen molar-refractivity contribution in [1.29, 1.82) is 0 Å². The number of hydrogen-bond acceptors (Lipinski definition) is 2. The van der Waals surface area contributed by atoms with Gasteiger partial charge in [0.25, 0.3) is 0 Å². The van der Waals surface area contributed by atoms with Gasteiger partial charge in [-0.15, -0.1) is 0 Å². The van der Waals surface area contributed by atoms with Gasteiger partial charge in [0.1, 0.15) is 0 Å². The number of aliphatic hydroxyl groups is 2. The highest BCUT2D eigenvalue weighted by Gasteiger charge is 2.11. The molecule has 0 aliphatic rings. The molecule has 3 atom stereocenters. The van der Waals surface area contributed by atoms with E-state index >= 15 is 0 Å². The molecule has 12 heavy (non-hydrogen) atoms. The maximum atomic E-state index is 9.45. The molecular weight excluding hydrogens is 152 g/mol. The lowest BCUT2D eigenvalue weighted by Crippen LogP contribution is -2.15. The van der Waals surface area contributed by atoms with E-state index in [1.165, 1.54) is 0 Å². The normalized spacial score (nSPS) is 18.8. The highest BCUT2D eigenvalue weighted by atomic mass is 16.3. The topological polar surface area (TPSA) is 40.5 Å². The predicted octanol–water partition coefficient (Wildman–Crippen LogP) is 1.94. The van der Waals surface area contributed by atoms with Gasteiger partial charge in [0.2, 0.25) is 0 Å². The van der Waals surface area contributed by atoms with Gasteiger partial charge in [-0.1, -0.05) is 20.3 Å². The van der Waals surface area contributed by atoms with E-state index in [1.807, 2.05) is 0 Å². The smallest absolute Gasteiger partial charge is 0.0542 e. The third-order valence-corrected chi connectivity index (χ3v) is 2.04. The van der Waals surface area contributed by atoms with Crippen LogP contribution in [-0.2, 0) is 0 Å². The van der Waals surface area contributed by atoms with E-state index < -0.39 is 0 Å². The summed E-state index contributed by atoms with van der Waals surface area (Å²) >= 11 is 0. The first-order valence-electron chi connectivity index (χ1n) is 4.92. The molecule has 0 heterocycles. The summed E-state index contributed by atoms with van der Waals surface area (Å²) in [6, 6.07) is 0. The maximum absolute atomic E-state index is 9.45. The summed E-state index contributed by atoms with van der Waals surface area (Å²) in [4.78, 5) is 0. The fourth-order valence-electron chi connectivity index (χ4n) is 1.59. The van der Waals surface area contributed by atoms with Crippen LogP contribution in [0, 0.1) is 5.92 Å². The molecule has 3 unspecified atom stereocenters. The first kappa shape index (κ1) is 11.9. The van der Waals surface area contributed by atoms with Crippen LogP contribution >= 0.6 is 0 Å². The fraction of sp³-hybridized carbons (Fsp3) is 1.00. The van der Waals surface area contributed by atoms with Gasteiger partial charge in [0.05, 0.1) is 12.2 Å². The Bertz CT molecular complexity index is 102. The van der Waals surface area contributed by atoms with Crippen LogP contribution in [0.15, 0.2) is 0 Å². The molecule has 2 N–H and O–H groups in total. The molecule has 0 aromatic carbocycles. The maximum Gasteiger partial charge on any atom is 0.0542 e. The third-order valence-electron chi connectivity index (χ3n) is 2.04. The third kappa shape index (κ3) is 6.62. The van der Waals surface area contributed by atoms with Crippen molar-refractivity contribution in [3.63, 3.8) is 0 Å². The van der Waals surface area contributed by atoms with E-state index in [0.29, 0.717) is 5.92 Å². The van der Waals surface area contributed by atoms with E-state index in [2.05, 4.69) is 13.8 Å². The average molecular weight is 174 g/mol. The van der Waals surface area contributed by atoms with Crippen LogP contribution in [0.1, 0.15) is 46.5 Å². The van der Waals surface area contributed by atoms with Gasteiger partial charge in [-0.25, -0.2) is 0 Å². The average Bonchev–Trinajstić information content (AvgIpc) is 1.84. The van der Waals surface area contributed by atoms with E-state index in [4.69, 9.17) is 5.11 Å². The molecule has 0 saturated carbocycles. The van der Waals surface area contributed by atoms with E-state index in [1.54, 1.807) is 6.92 Å². The predicted molar refractivity (Wildman–Crippen MR) is 51.0 cm³/mol. The molecule has 0 saturated heterocycles. The zero-order valence-corrected chi connectivity index (χ0v) is 8.45.